The van der Waals surface area contributed by atoms with Gasteiger partial charge in [-0.05, 0) is 17.7 Å². The molecule has 164 valence electrons. The lowest BCUT2D eigenvalue weighted by molar-refractivity contribution is -0.115. The van der Waals surface area contributed by atoms with Gasteiger partial charge in [0.25, 0.3) is 0 Å². The fourth-order valence-corrected chi connectivity index (χ4v) is 6.31. The number of amides is 1. The van der Waals surface area contributed by atoms with Crippen molar-refractivity contribution in [3.63, 3.8) is 0 Å². The van der Waals surface area contributed by atoms with Gasteiger partial charge in [-0.3, -0.25) is 9.69 Å². The summed E-state index contributed by atoms with van der Waals surface area (Å²) in [7, 11) is 0. The summed E-state index contributed by atoms with van der Waals surface area (Å²) in [5.41, 5.74) is 3.23. The van der Waals surface area contributed by atoms with Crippen molar-refractivity contribution in [3.8, 4) is 11.1 Å². The Bertz CT molecular complexity index is 1430. The van der Waals surface area contributed by atoms with Crippen LogP contribution in [0.1, 0.15) is 12.6 Å². The Kier molecular flexibility index (Phi) is 6.17. The molecule has 0 saturated carbocycles. The Hall–Kier alpha value is -3.14. The molecule has 0 radical (unpaired) electrons. The van der Waals surface area contributed by atoms with Crippen LogP contribution in [0.3, 0.4) is 0 Å². The maximum Gasteiger partial charge on any atom is 0.230 e. The van der Waals surface area contributed by atoms with Crippen LogP contribution in [0.2, 0.25) is 0 Å². The number of nitrogens with zero attached hydrogens (tertiary/aromatic N) is 4. The number of aromatic nitrogens is 3. The molecule has 0 aliphatic carbocycles. The van der Waals surface area contributed by atoms with E-state index in [9.17, 15) is 9.18 Å². The third-order valence-electron chi connectivity index (χ3n) is 4.92. The normalized spacial score (nSPS) is 11.1. The summed E-state index contributed by atoms with van der Waals surface area (Å²) in [6.45, 7) is 1.40. The zero-order chi connectivity index (χ0) is 22.8. The molecule has 1 amide bonds. The third-order valence-corrected chi connectivity index (χ3v) is 7.70. The molecule has 0 spiro atoms. The molecule has 5 rings (SSSR count). The number of para-hydroxylation sites is 1. The Labute approximate surface area is 202 Å². The quantitative estimate of drug-likeness (QED) is 0.190. The van der Waals surface area contributed by atoms with Crippen LogP contribution in [0.4, 0.5) is 15.2 Å². The first kappa shape index (κ1) is 21.7. The molecule has 0 fully saturated rings. The van der Waals surface area contributed by atoms with Crippen molar-refractivity contribution in [2.45, 2.75) is 17.7 Å². The van der Waals surface area contributed by atoms with E-state index in [4.69, 9.17) is 0 Å². The number of halogens is 1. The predicted octanol–water partition coefficient (Wildman–Crippen LogP) is 6.93. The molecule has 0 unspecified atom stereocenters. The Balaban J connectivity index is 1.42. The topological polar surface area (TPSA) is 59.0 Å². The van der Waals surface area contributed by atoms with Gasteiger partial charge < -0.3 is 0 Å². The first-order valence-electron chi connectivity index (χ1n) is 10.0. The van der Waals surface area contributed by atoms with Gasteiger partial charge in [-0.1, -0.05) is 54.2 Å². The summed E-state index contributed by atoms with van der Waals surface area (Å²) in [6.07, 6.45) is 1.58. The second-order valence-electron chi connectivity index (χ2n) is 7.09. The van der Waals surface area contributed by atoms with Crippen LogP contribution in [0.5, 0.6) is 0 Å². The van der Waals surface area contributed by atoms with E-state index >= 15 is 0 Å². The Morgan fingerprint density at radius 3 is 2.61 bits per heavy atom. The van der Waals surface area contributed by atoms with Gasteiger partial charge in [0.2, 0.25) is 5.91 Å². The van der Waals surface area contributed by atoms with E-state index in [-0.39, 0.29) is 11.6 Å². The molecule has 33 heavy (non-hydrogen) atoms. The highest BCUT2D eigenvalue weighted by Crippen LogP contribution is 2.39. The first-order chi connectivity index (χ1) is 16.1. The maximum atomic E-state index is 14.3. The number of carbonyl (C=O) groups is 1. The number of anilines is 2. The van der Waals surface area contributed by atoms with Crippen molar-refractivity contribution < 1.29 is 9.18 Å². The molecular formula is C24H17FN4OS3. The molecule has 0 bridgehead atoms. The largest absolute Gasteiger partial charge is 0.274 e. The second-order valence-corrected chi connectivity index (χ2v) is 9.75. The molecule has 5 aromatic rings. The number of carbonyl (C=O) groups excluding carboxylic acids is 1. The van der Waals surface area contributed by atoms with Crippen molar-refractivity contribution in [1.29, 1.82) is 0 Å². The highest BCUT2D eigenvalue weighted by Gasteiger charge is 2.21. The van der Waals surface area contributed by atoms with Crippen LogP contribution in [0.25, 0.3) is 21.3 Å². The fourth-order valence-electron chi connectivity index (χ4n) is 3.44. The van der Waals surface area contributed by atoms with Crippen molar-refractivity contribution in [1.82, 2.24) is 15.0 Å². The standard InChI is InChI=1S/C24H17FN4OS3/c1-15(30)29(20-10-6-5-9-19(20)25)24-28-17(12-33-24)11-31-22-21-18(16-7-3-2-4-8-16)13-32-23(21)27-14-26-22/h2-10,12-14H,11H2,1H3. The summed E-state index contributed by atoms with van der Waals surface area (Å²) in [5, 5.41) is 6.36. The molecular weight excluding hydrogens is 475 g/mol. The molecule has 5 nitrogen and oxygen atoms in total. The lowest BCUT2D eigenvalue weighted by Crippen LogP contribution is -2.23. The molecule has 0 aliphatic heterocycles. The second kappa shape index (κ2) is 9.38. The number of thiazole rings is 1. The minimum atomic E-state index is -0.465. The zero-order valence-electron chi connectivity index (χ0n) is 17.4. The van der Waals surface area contributed by atoms with E-state index in [1.165, 1.54) is 29.2 Å². The average molecular weight is 493 g/mol. The number of hydrogen-bond acceptors (Lipinski definition) is 7. The van der Waals surface area contributed by atoms with Crippen LogP contribution in [-0.2, 0) is 10.5 Å². The van der Waals surface area contributed by atoms with Gasteiger partial charge >= 0.3 is 0 Å². The van der Waals surface area contributed by atoms with Gasteiger partial charge in [-0.15, -0.1) is 22.7 Å². The predicted molar refractivity (Wildman–Crippen MR) is 134 cm³/mol. The monoisotopic (exact) mass is 492 g/mol. The third kappa shape index (κ3) is 4.39. The molecule has 9 heteroatoms. The number of rotatable bonds is 6. The van der Waals surface area contributed by atoms with E-state index in [1.807, 2.05) is 23.6 Å². The lowest BCUT2D eigenvalue weighted by atomic mass is 10.1. The highest BCUT2D eigenvalue weighted by molar-refractivity contribution is 7.98. The molecule has 0 aliphatic rings. The molecule has 0 saturated heterocycles. The van der Waals surface area contributed by atoms with E-state index in [0.29, 0.717) is 10.9 Å². The first-order valence-corrected chi connectivity index (χ1v) is 12.8. The summed E-state index contributed by atoms with van der Waals surface area (Å²) in [6, 6.07) is 16.4. The van der Waals surface area contributed by atoms with Gasteiger partial charge in [0, 0.05) is 29.0 Å². The number of benzene rings is 2. The number of thioether (sulfide) groups is 1. The number of fused-ring (bicyclic) bond motifs is 1. The summed E-state index contributed by atoms with van der Waals surface area (Å²) in [4.78, 5) is 28.1. The van der Waals surface area contributed by atoms with Gasteiger partial charge in [-0.25, -0.2) is 19.3 Å². The fraction of sp³-hybridized carbons (Fsp3) is 0.0833. The molecule has 0 atom stereocenters. The Morgan fingerprint density at radius 2 is 1.82 bits per heavy atom. The van der Waals surface area contributed by atoms with E-state index in [2.05, 4.69) is 32.5 Å². The average Bonchev–Trinajstić information content (AvgIpc) is 3.47. The summed E-state index contributed by atoms with van der Waals surface area (Å²) in [5.74, 6) is -0.194. The van der Waals surface area contributed by atoms with Crippen LogP contribution < -0.4 is 4.90 Å². The van der Waals surface area contributed by atoms with Crippen LogP contribution in [0.15, 0.2) is 76.7 Å². The van der Waals surface area contributed by atoms with E-state index in [0.717, 1.165) is 32.1 Å². The SMILES string of the molecule is CC(=O)N(c1nc(CSc2ncnc3scc(-c4ccccc4)c23)cs1)c1ccccc1F. The van der Waals surface area contributed by atoms with Crippen LogP contribution >= 0.6 is 34.4 Å². The Morgan fingerprint density at radius 1 is 1.03 bits per heavy atom. The van der Waals surface area contributed by atoms with Gasteiger partial charge in [0.05, 0.1) is 16.8 Å². The molecule has 3 aromatic heterocycles. The molecule has 2 aromatic carbocycles. The van der Waals surface area contributed by atoms with Gasteiger partial charge in [0.1, 0.15) is 22.0 Å². The number of thiophene rings is 1. The lowest BCUT2D eigenvalue weighted by Gasteiger charge is -2.18. The summed E-state index contributed by atoms with van der Waals surface area (Å²) >= 11 is 4.48. The van der Waals surface area contributed by atoms with Crippen molar-refractivity contribution >= 4 is 61.4 Å². The number of hydrogen-bond donors (Lipinski definition) is 0. The van der Waals surface area contributed by atoms with E-state index in [1.54, 1.807) is 47.6 Å². The van der Waals surface area contributed by atoms with Crippen LogP contribution in [-0.4, -0.2) is 20.9 Å². The minimum Gasteiger partial charge on any atom is -0.274 e. The van der Waals surface area contributed by atoms with E-state index < -0.39 is 5.82 Å². The smallest absolute Gasteiger partial charge is 0.230 e. The van der Waals surface area contributed by atoms with Crippen LogP contribution in [0, 0.1) is 5.82 Å². The van der Waals surface area contributed by atoms with Crippen molar-refractivity contribution in [2.24, 2.45) is 0 Å². The van der Waals surface area contributed by atoms with Gasteiger partial charge in [0.15, 0.2) is 5.13 Å². The maximum absolute atomic E-state index is 14.3. The minimum absolute atomic E-state index is 0.196. The van der Waals surface area contributed by atoms with Crippen molar-refractivity contribution in [3.05, 3.63) is 83.2 Å². The summed E-state index contributed by atoms with van der Waals surface area (Å²) < 4.78 is 14.3. The zero-order valence-corrected chi connectivity index (χ0v) is 19.9. The molecule has 3 heterocycles. The van der Waals surface area contributed by atoms with Gasteiger partial charge in [-0.2, -0.15) is 0 Å². The highest BCUT2D eigenvalue weighted by atomic mass is 32.2. The van der Waals surface area contributed by atoms with Crippen molar-refractivity contribution in [2.75, 3.05) is 4.90 Å². The molecule has 0 N–H and O–H groups in total.